The molecule has 0 unspecified atom stereocenters. The van der Waals surface area contributed by atoms with Gasteiger partial charge in [-0.25, -0.2) is 4.79 Å². The van der Waals surface area contributed by atoms with Crippen molar-refractivity contribution in [3.05, 3.63) is 25.7 Å². The highest BCUT2D eigenvalue weighted by molar-refractivity contribution is 5.58. The van der Waals surface area contributed by atoms with E-state index in [0.29, 0.717) is 6.54 Å². The molecule has 0 spiro atoms. The summed E-state index contributed by atoms with van der Waals surface area (Å²) in [7, 11) is 1.51. The highest BCUT2D eigenvalue weighted by Crippen LogP contribution is 2.16. The molecule has 76 valence electrons. The Kier molecular flexibility index (Phi) is 2.80. The van der Waals surface area contributed by atoms with Crippen LogP contribution in [0.4, 0.5) is 11.5 Å². The maximum atomic E-state index is 11.2. The van der Waals surface area contributed by atoms with Crippen LogP contribution in [-0.4, -0.2) is 16.6 Å². The van der Waals surface area contributed by atoms with Crippen LogP contribution in [0.1, 0.15) is 6.92 Å². The molecule has 1 aromatic heterocycles. The van der Waals surface area contributed by atoms with E-state index in [2.05, 4.69) is 10.5 Å². The Balaban J connectivity index is 3.68. The number of nitroso groups, excluding NO2 is 1. The van der Waals surface area contributed by atoms with Gasteiger partial charge in [0.2, 0.25) is 5.69 Å². The molecule has 0 aliphatic heterocycles. The molecular weight excluding hydrogens is 188 g/mol. The van der Waals surface area contributed by atoms with E-state index >= 15 is 0 Å². The van der Waals surface area contributed by atoms with E-state index in [-0.39, 0.29) is 11.5 Å². The zero-order valence-corrected chi connectivity index (χ0v) is 7.83. The lowest BCUT2D eigenvalue weighted by molar-refractivity contribution is 0.702. The summed E-state index contributed by atoms with van der Waals surface area (Å²) in [5.41, 5.74) is -1.65. The molecule has 1 aromatic rings. The van der Waals surface area contributed by atoms with Crippen molar-refractivity contribution in [1.29, 1.82) is 0 Å². The first-order chi connectivity index (χ1) is 6.65. The molecule has 0 fully saturated rings. The zero-order valence-electron chi connectivity index (χ0n) is 7.83. The van der Waals surface area contributed by atoms with E-state index in [9.17, 15) is 14.5 Å². The smallest absolute Gasteiger partial charge is 0.330 e. The number of anilines is 1. The first-order valence-corrected chi connectivity index (χ1v) is 4.03. The van der Waals surface area contributed by atoms with Crippen molar-refractivity contribution in [3.8, 4) is 0 Å². The zero-order chi connectivity index (χ0) is 10.7. The maximum absolute atomic E-state index is 11.2. The Morgan fingerprint density at radius 2 is 2.14 bits per heavy atom. The molecule has 0 aliphatic carbocycles. The molecule has 7 heteroatoms. The predicted octanol–water partition coefficient (Wildman–Crippen LogP) is -0.00390. The fraction of sp³-hybridized carbons (Fsp3) is 0.429. The topological polar surface area (TPSA) is 96.3 Å². The van der Waals surface area contributed by atoms with E-state index in [4.69, 9.17) is 0 Å². The van der Waals surface area contributed by atoms with Crippen LogP contribution in [0.3, 0.4) is 0 Å². The summed E-state index contributed by atoms with van der Waals surface area (Å²) in [6.07, 6.45) is 0. The van der Waals surface area contributed by atoms with Crippen molar-refractivity contribution < 1.29 is 0 Å². The number of aromatic nitrogens is 2. The highest BCUT2D eigenvalue weighted by Gasteiger charge is 2.12. The fourth-order valence-electron chi connectivity index (χ4n) is 1.20. The molecule has 1 heterocycles. The fourth-order valence-corrected chi connectivity index (χ4v) is 1.20. The molecule has 1 rings (SSSR count). The van der Waals surface area contributed by atoms with E-state index in [1.165, 1.54) is 11.6 Å². The minimum absolute atomic E-state index is 0.135. The van der Waals surface area contributed by atoms with Crippen LogP contribution in [0.2, 0.25) is 0 Å². The summed E-state index contributed by atoms with van der Waals surface area (Å²) in [6.45, 7) is 2.06. The first-order valence-electron chi connectivity index (χ1n) is 4.03. The Bertz CT molecular complexity index is 459. The monoisotopic (exact) mass is 198 g/mol. The van der Waals surface area contributed by atoms with Gasteiger partial charge in [0.05, 0.1) is 0 Å². The molecule has 0 aliphatic rings. The molecule has 0 amide bonds. The average Bonchev–Trinajstić information content (AvgIpc) is 2.16. The van der Waals surface area contributed by atoms with Crippen LogP contribution < -0.4 is 16.6 Å². The minimum atomic E-state index is -0.779. The van der Waals surface area contributed by atoms with Crippen LogP contribution in [0.15, 0.2) is 14.8 Å². The Hall–Kier alpha value is -1.92. The average molecular weight is 198 g/mol. The van der Waals surface area contributed by atoms with Gasteiger partial charge in [0.1, 0.15) is 5.82 Å². The van der Waals surface area contributed by atoms with Gasteiger partial charge < -0.3 is 5.32 Å². The van der Waals surface area contributed by atoms with Crippen LogP contribution in [0.25, 0.3) is 0 Å². The lowest BCUT2D eigenvalue weighted by atomic mass is 10.4. The van der Waals surface area contributed by atoms with Crippen molar-refractivity contribution in [1.82, 2.24) is 9.55 Å². The van der Waals surface area contributed by atoms with Crippen LogP contribution in [0, 0.1) is 4.91 Å². The second-order valence-corrected chi connectivity index (χ2v) is 2.54. The molecule has 7 nitrogen and oxygen atoms in total. The molecular formula is C7H10N4O3. The Morgan fingerprint density at radius 1 is 1.50 bits per heavy atom. The van der Waals surface area contributed by atoms with Crippen molar-refractivity contribution in [2.45, 2.75) is 13.5 Å². The van der Waals surface area contributed by atoms with Gasteiger partial charge in [-0.3, -0.25) is 14.3 Å². The van der Waals surface area contributed by atoms with Gasteiger partial charge in [-0.05, 0) is 12.1 Å². The number of H-pyrrole nitrogens is 1. The van der Waals surface area contributed by atoms with E-state index in [1.807, 2.05) is 4.98 Å². The van der Waals surface area contributed by atoms with Gasteiger partial charge in [0.15, 0.2) is 0 Å². The number of hydrogen-bond donors (Lipinski definition) is 2. The Morgan fingerprint density at radius 3 is 2.57 bits per heavy atom. The van der Waals surface area contributed by atoms with E-state index in [1.54, 1.807) is 6.92 Å². The summed E-state index contributed by atoms with van der Waals surface area (Å²) < 4.78 is 1.22. The van der Waals surface area contributed by atoms with Crippen LogP contribution in [-0.2, 0) is 6.54 Å². The summed E-state index contributed by atoms with van der Waals surface area (Å²) in [6, 6.07) is 0. The first kappa shape index (κ1) is 10.2. The van der Waals surface area contributed by atoms with Crippen molar-refractivity contribution in [2.24, 2.45) is 5.18 Å². The molecule has 0 aromatic carbocycles. The minimum Gasteiger partial charge on any atom is -0.372 e. The lowest BCUT2D eigenvalue weighted by Gasteiger charge is -2.09. The third-order valence-electron chi connectivity index (χ3n) is 1.82. The normalized spacial score (nSPS) is 9.86. The van der Waals surface area contributed by atoms with Crippen LogP contribution in [0.5, 0.6) is 0 Å². The molecule has 0 saturated heterocycles. The summed E-state index contributed by atoms with van der Waals surface area (Å²) >= 11 is 0. The van der Waals surface area contributed by atoms with Crippen LogP contribution >= 0.6 is 0 Å². The van der Waals surface area contributed by atoms with Gasteiger partial charge >= 0.3 is 5.69 Å². The maximum Gasteiger partial charge on any atom is 0.330 e. The molecule has 0 bridgehead atoms. The number of hydrogen-bond acceptors (Lipinski definition) is 5. The largest absolute Gasteiger partial charge is 0.372 e. The van der Waals surface area contributed by atoms with Gasteiger partial charge in [-0.1, -0.05) is 0 Å². The lowest BCUT2D eigenvalue weighted by Crippen LogP contribution is -2.31. The molecule has 0 atom stereocenters. The number of nitrogens with one attached hydrogen (secondary N) is 2. The third kappa shape index (κ3) is 1.43. The SMILES string of the molecule is CCn1c(NC)c(N=O)c(=O)[nH]c1=O. The van der Waals surface area contributed by atoms with Crippen molar-refractivity contribution in [3.63, 3.8) is 0 Å². The second kappa shape index (κ2) is 3.86. The van der Waals surface area contributed by atoms with E-state index < -0.39 is 11.2 Å². The molecule has 0 saturated carbocycles. The summed E-state index contributed by atoms with van der Waals surface area (Å²) in [5.74, 6) is 0.135. The van der Waals surface area contributed by atoms with E-state index in [0.717, 1.165) is 0 Å². The molecule has 2 N–H and O–H groups in total. The number of nitrogens with zero attached hydrogens (tertiary/aromatic N) is 2. The summed E-state index contributed by atoms with van der Waals surface area (Å²) in [4.78, 5) is 34.7. The number of aromatic amines is 1. The van der Waals surface area contributed by atoms with Crippen molar-refractivity contribution in [2.75, 3.05) is 12.4 Å². The molecule has 0 radical (unpaired) electrons. The quantitative estimate of drug-likeness (QED) is 0.668. The van der Waals surface area contributed by atoms with Crippen molar-refractivity contribution >= 4 is 11.5 Å². The van der Waals surface area contributed by atoms with Gasteiger partial charge in [-0.15, -0.1) is 4.91 Å². The predicted molar refractivity (Wildman–Crippen MR) is 52.0 cm³/mol. The highest BCUT2D eigenvalue weighted by atomic mass is 16.3. The second-order valence-electron chi connectivity index (χ2n) is 2.54. The van der Waals surface area contributed by atoms with Gasteiger partial charge in [-0.2, -0.15) is 0 Å². The third-order valence-corrected chi connectivity index (χ3v) is 1.82. The number of rotatable bonds is 3. The summed E-state index contributed by atoms with van der Waals surface area (Å²) in [5, 5.41) is 5.17. The molecule has 14 heavy (non-hydrogen) atoms. The standard InChI is InChI=1S/C7H10N4O3/c1-3-11-5(8-2)4(10-14)6(12)9-7(11)13/h8H,3H2,1-2H3,(H,9,12,13). The van der Waals surface area contributed by atoms with Gasteiger partial charge in [0, 0.05) is 13.6 Å². The Labute approximate surface area is 78.7 Å². The van der Waals surface area contributed by atoms with Gasteiger partial charge in [0.25, 0.3) is 5.56 Å².